The summed E-state index contributed by atoms with van der Waals surface area (Å²) in [5.74, 6) is -3.21. The van der Waals surface area contributed by atoms with E-state index >= 15 is 0 Å². The second kappa shape index (κ2) is 9.69. The number of nitrogens with one attached hydrogen (secondary N) is 3. The first kappa shape index (κ1) is 21.9. The van der Waals surface area contributed by atoms with Crippen LogP contribution in [0, 0.1) is 0 Å². The number of carboxylic acid groups (broad SMARTS) is 1. The zero-order chi connectivity index (χ0) is 21.6. The van der Waals surface area contributed by atoms with Crippen LogP contribution in [0.5, 0.6) is 0 Å². The Hall–Kier alpha value is -3.40. The van der Waals surface area contributed by atoms with Crippen molar-refractivity contribution in [3.05, 3.63) is 36.0 Å². The number of para-hydroxylation sites is 1. The minimum absolute atomic E-state index is 0.142. The van der Waals surface area contributed by atoms with Gasteiger partial charge in [0.15, 0.2) is 0 Å². The van der Waals surface area contributed by atoms with Gasteiger partial charge in [-0.25, -0.2) is 4.79 Å². The lowest BCUT2D eigenvalue weighted by molar-refractivity contribution is -0.142. The molecule has 2 aromatic rings. The molecule has 0 saturated carbocycles. The fraction of sp³-hybridized carbons (Fsp3) is 0.368. The maximum Gasteiger partial charge on any atom is 0.326 e. The van der Waals surface area contributed by atoms with E-state index in [-0.39, 0.29) is 19.3 Å². The standard InChI is InChI=1S/C19H25N5O5/c1-10(17(26)24-15(19(28)29)6-7-16(21)25)23-18(27)13(20)8-11-9-22-14-5-3-2-4-12(11)14/h2-5,9-10,13,15,22H,6-8,20H2,1H3,(H2,21,25)(H,23,27)(H,24,26)(H,28,29)/t10-,13-,15-/m0/s1. The Bertz CT molecular complexity index is 909. The van der Waals surface area contributed by atoms with Gasteiger partial charge in [-0.05, 0) is 31.4 Å². The predicted octanol–water partition coefficient (Wildman–Crippen LogP) is -0.623. The van der Waals surface area contributed by atoms with Gasteiger partial charge in [0.25, 0.3) is 0 Å². The minimum atomic E-state index is -1.30. The fourth-order valence-electron chi connectivity index (χ4n) is 2.86. The minimum Gasteiger partial charge on any atom is -0.480 e. The molecule has 0 saturated heterocycles. The summed E-state index contributed by atoms with van der Waals surface area (Å²) in [5, 5.41) is 14.9. The molecule has 10 heteroatoms. The van der Waals surface area contributed by atoms with Crippen LogP contribution in [0.4, 0.5) is 0 Å². The van der Waals surface area contributed by atoms with Crippen LogP contribution < -0.4 is 22.1 Å². The topological polar surface area (TPSA) is 180 Å². The number of hydrogen-bond donors (Lipinski definition) is 6. The molecule has 0 aliphatic heterocycles. The van der Waals surface area contributed by atoms with Crippen molar-refractivity contribution in [1.29, 1.82) is 0 Å². The van der Waals surface area contributed by atoms with Crippen LogP contribution in [0.2, 0.25) is 0 Å². The zero-order valence-electron chi connectivity index (χ0n) is 16.0. The molecule has 1 aromatic carbocycles. The summed E-state index contributed by atoms with van der Waals surface area (Å²) in [7, 11) is 0. The van der Waals surface area contributed by atoms with Crippen molar-refractivity contribution in [2.45, 2.75) is 44.3 Å². The molecule has 0 fully saturated rings. The maximum atomic E-state index is 12.4. The highest BCUT2D eigenvalue weighted by atomic mass is 16.4. The second-order valence-electron chi connectivity index (χ2n) is 6.80. The summed E-state index contributed by atoms with van der Waals surface area (Å²) >= 11 is 0. The van der Waals surface area contributed by atoms with E-state index in [4.69, 9.17) is 16.6 Å². The van der Waals surface area contributed by atoms with E-state index in [1.54, 1.807) is 6.20 Å². The number of H-pyrrole nitrogens is 1. The smallest absolute Gasteiger partial charge is 0.326 e. The van der Waals surface area contributed by atoms with Crippen molar-refractivity contribution < 1.29 is 24.3 Å². The van der Waals surface area contributed by atoms with Gasteiger partial charge in [-0.1, -0.05) is 18.2 Å². The molecule has 0 radical (unpaired) electrons. The molecule has 8 N–H and O–H groups in total. The molecule has 0 aliphatic carbocycles. The van der Waals surface area contributed by atoms with Crippen LogP contribution in [-0.2, 0) is 25.6 Å². The Balaban J connectivity index is 1.91. The van der Waals surface area contributed by atoms with E-state index < -0.39 is 41.8 Å². The average molecular weight is 403 g/mol. The van der Waals surface area contributed by atoms with E-state index in [0.29, 0.717) is 0 Å². The number of aromatic amines is 1. The lowest BCUT2D eigenvalue weighted by Crippen LogP contribution is -2.53. The van der Waals surface area contributed by atoms with Gasteiger partial charge in [-0.15, -0.1) is 0 Å². The summed E-state index contributed by atoms with van der Waals surface area (Å²) in [6.07, 6.45) is 1.72. The van der Waals surface area contributed by atoms with E-state index in [9.17, 15) is 19.2 Å². The number of carboxylic acids is 1. The van der Waals surface area contributed by atoms with Gasteiger partial charge in [-0.3, -0.25) is 14.4 Å². The van der Waals surface area contributed by atoms with Crippen molar-refractivity contribution >= 4 is 34.6 Å². The predicted molar refractivity (Wildman–Crippen MR) is 106 cm³/mol. The third-order valence-electron chi connectivity index (χ3n) is 4.50. The number of benzene rings is 1. The Morgan fingerprint density at radius 3 is 2.48 bits per heavy atom. The third kappa shape index (κ3) is 6.04. The molecule has 0 unspecified atom stereocenters. The van der Waals surface area contributed by atoms with Gasteiger partial charge >= 0.3 is 5.97 Å². The first-order chi connectivity index (χ1) is 13.7. The number of hydrogen-bond acceptors (Lipinski definition) is 5. The van der Waals surface area contributed by atoms with Crippen molar-refractivity contribution in [2.24, 2.45) is 11.5 Å². The summed E-state index contributed by atoms with van der Waals surface area (Å²) in [6.45, 7) is 1.42. The fourth-order valence-corrected chi connectivity index (χ4v) is 2.86. The molecule has 29 heavy (non-hydrogen) atoms. The van der Waals surface area contributed by atoms with Crippen LogP contribution in [0.15, 0.2) is 30.5 Å². The molecule has 0 spiro atoms. The van der Waals surface area contributed by atoms with Crippen molar-refractivity contribution in [2.75, 3.05) is 0 Å². The van der Waals surface area contributed by atoms with Gasteiger partial charge in [0.2, 0.25) is 17.7 Å². The Kier molecular flexibility index (Phi) is 7.32. The monoisotopic (exact) mass is 403 g/mol. The van der Waals surface area contributed by atoms with Crippen molar-refractivity contribution in [3.63, 3.8) is 0 Å². The van der Waals surface area contributed by atoms with E-state index in [1.807, 2.05) is 24.3 Å². The number of primary amides is 1. The molecule has 2 rings (SSSR count). The molecule has 1 aromatic heterocycles. The van der Waals surface area contributed by atoms with Crippen molar-refractivity contribution in [1.82, 2.24) is 15.6 Å². The highest BCUT2D eigenvalue weighted by molar-refractivity contribution is 5.92. The van der Waals surface area contributed by atoms with Crippen LogP contribution in [0.1, 0.15) is 25.3 Å². The number of carbonyl (C=O) groups excluding carboxylic acids is 3. The summed E-state index contributed by atoms with van der Waals surface area (Å²) in [5.41, 5.74) is 12.8. The van der Waals surface area contributed by atoms with E-state index in [2.05, 4.69) is 15.6 Å². The lowest BCUT2D eigenvalue weighted by atomic mass is 10.0. The molecule has 0 bridgehead atoms. The number of aliphatic carboxylic acids is 1. The molecule has 156 valence electrons. The molecule has 0 aliphatic rings. The SMILES string of the molecule is C[C@H](NC(=O)[C@@H](N)Cc1c[nH]c2ccccc12)C(=O)N[C@@H](CCC(N)=O)C(=O)O. The summed E-state index contributed by atoms with van der Waals surface area (Å²) < 4.78 is 0. The van der Waals surface area contributed by atoms with Crippen LogP contribution in [0.3, 0.4) is 0 Å². The highest BCUT2D eigenvalue weighted by Crippen LogP contribution is 2.18. The average Bonchev–Trinajstić information content (AvgIpc) is 3.07. The number of aromatic nitrogens is 1. The first-order valence-corrected chi connectivity index (χ1v) is 9.11. The molecular formula is C19H25N5O5. The van der Waals surface area contributed by atoms with Crippen LogP contribution in [0.25, 0.3) is 10.9 Å². The van der Waals surface area contributed by atoms with Gasteiger partial charge in [0.05, 0.1) is 6.04 Å². The molecule has 10 nitrogen and oxygen atoms in total. The number of rotatable bonds is 10. The van der Waals surface area contributed by atoms with Gasteiger partial charge < -0.3 is 32.2 Å². The molecular weight excluding hydrogens is 378 g/mol. The van der Waals surface area contributed by atoms with Crippen LogP contribution in [-0.4, -0.2) is 51.9 Å². The Morgan fingerprint density at radius 2 is 1.83 bits per heavy atom. The Morgan fingerprint density at radius 1 is 1.14 bits per heavy atom. The maximum absolute atomic E-state index is 12.4. The number of nitrogens with two attached hydrogens (primary N) is 2. The van der Waals surface area contributed by atoms with Gasteiger partial charge in [0.1, 0.15) is 12.1 Å². The van der Waals surface area contributed by atoms with Crippen molar-refractivity contribution in [3.8, 4) is 0 Å². The van der Waals surface area contributed by atoms with Gasteiger partial charge in [-0.2, -0.15) is 0 Å². The number of amides is 3. The highest BCUT2D eigenvalue weighted by Gasteiger charge is 2.25. The number of carbonyl (C=O) groups is 4. The quantitative estimate of drug-likeness (QED) is 0.307. The number of fused-ring (bicyclic) bond motifs is 1. The van der Waals surface area contributed by atoms with E-state index in [1.165, 1.54) is 6.92 Å². The Labute approximate surface area is 167 Å². The van der Waals surface area contributed by atoms with Gasteiger partial charge in [0, 0.05) is 23.5 Å². The first-order valence-electron chi connectivity index (χ1n) is 9.11. The largest absolute Gasteiger partial charge is 0.480 e. The summed E-state index contributed by atoms with van der Waals surface area (Å²) in [4.78, 5) is 49.7. The summed E-state index contributed by atoms with van der Waals surface area (Å²) in [6, 6.07) is 4.42. The second-order valence-corrected chi connectivity index (χ2v) is 6.80. The zero-order valence-corrected chi connectivity index (χ0v) is 16.0. The van der Waals surface area contributed by atoms with Crippen LogP contribution >= 0.6 is 0 Å². The molecule has 3 atom stereocenters. The lowest BCUT2D eigenvalue weighted by Gasteiger charge is -2.20. The third-order valence-corrected chi connectivity index (χ3v) is 4.50. The van der Waals surface area contributed by atoms with E-state index in [0.717, 1.165) is 16.5 Å². The normalized spacial score (nSPS) is 14.0. The molecule has 1 heterocycles. The molecule has 3 amide bonds.